The Morgan fingerprint density at radius 2 is 2.03 bits per heavy atom. The van der Waals surface area contributed by atoms with Gasteiger partial charge < -0.3 is 14.3 Å². The summed E-state index contributed by atoms with van der Waals surface area (Å²) in [6, 6.07) is 2.67. The molecule has 194 valence electrons. The highest BCUT2D eigenvalue weighted by molar-refractivity contribution is 5.74. The molecule has 0 saturated heterocycles. The SMILES string of the molecule is CCCCCC(F)(F)c1cc(OC(=O)CCCO[N+](=O)[O-])c2c(c1)OC(C)(C)[C@@H]1CCC(C)=C[C@@H]21. The van der Waals surface area contributed by atoms with E-state index in [4.69, 9.17) is 9.47 Å². The third-order valence-corrected chi connectivity index (χ3v) is 6.91. The minimum Gasteiger partial charge on any atom is -0.487 e. The lowest BCUT2D eigenvalue weighted by atomic mass is 9.68. The first kappa shape index (κ1) is 26.9. The molecule has 0 amide bonds. The van der Waals surface area contributed by atoms with Crippen molar-refractivity contribution in [2.75, 3.05) is 6.61 Å². The molecule has 35 heavy (non-hydrogen) atoms. The van der Waals surface area contributed by atoms with Crippen LogP contribution in [0.25, 0.3) is 0 Å². The van der Waals surface area contributed by atoms with Gasteiger partial charge in [0, 0.05) is 35.8 Å². The zero-order chi connectivity index (χ0) is 25.8. The molecule has 2 atom stereocenters. The van der Waals surface area contributed by atoms with Gasteiger partial charge in [0.25, 0.3) is 11.0 Å². The molecule has 0 spiro atoms. The van der Waals surface area contributed by atoms with Gasteiger partial charge in [-0.3, -0.25) is 4.79 Å². The van der Waals surface area contributed by atoms with Gasteiger partial charge in [0.05, 0.1) is 6.61 Å². The highest BCUT2D eigenvalue weighted by Crippen LogP contribution is 2.55. The molecular weight excluding hydrogens is 460 g/mol. The third kappa shape index (κ3) is 6.49. The molecule has 7 nitrogen and oxygen atoms in total. The molecule has 2 aliphatic rings. The van der Waals surface area contributed by atoms with E-state index in [1.165, 1.54) is 17.7 Å². The van der Waals surface area contributed by atoms with Crippen molar-refractivity contribution >= 4 is 5.97 Å². The normalized spacial score (nSPS) is 20.7. The van der Waals surface area contributed by atoms with Crippen LogP contribution in [0.5, 0.6) is 11.5 Å². The summed E-state index contributed by atoms with van der Waals surface area (Å²) in [6.07, 6.45) is 5.45. The number of carbonyl (C=O) groups is 1. The standard InChI is InChI=1S/C26H35F2NO6/c1-5-6-7-12-26(27,28)18-15-21(34-23(30)9-8-13-33-29(31)32)24-19-14-17(2)10-11-20(19)25(3,4)35-22(24)16-18/h14-16,19-20H,5-13H2,1-4H3/t19-,20-/m1/s1. The maximum atomic E-state index is 15.2. The second-order valence-corrected chi connectivity index (χ2v) is 10.1. The Bertz CT molecular complexity index is 975. The van der Waals surface area contributed by atoms with E-state index in [2.05, 4.69) is 10.9 Å². The Balaban J connectivity index is 1.98. The molecule has 1 aromatic rings. The molecule has 9 heteroatoms. The second kappa shape index (κ2) is 10.9. The number of hydrogen-bond acceptors (Lipinski definition) is 6. The Labute approximate surface area is 204 Å². The molecule has 1 aromatic carbocycles. The number of carbonyl (C=O) groups excluding carboxylic acids is 1. The smallest absolute Gasteiger partial charge is 0.311 e. The van der Waals surface area contributed by atoms with Gasteiger partial charge in [0.15, 0.2) is 0 Å². The Hall–Kier alpha value is -2.71. The molecular formula is C26H35F2NO6. The van der Waals surface area contributed by atoms with E-state index in [1.807, 2.05) is 27.7 Å². The van der Waals surface area contributed by atoms with Gasteiger partial charge in [-0.25, -0.2) is 8.78 Å². The van der Waals surface area contributed by atoms with Gasteiger partial charge in [-0.1, -0.05) is 31.4 Å². The van der Waals surface area contributed by atoms with E-state index in [0.717, 1.165) is 19.3 Å². The number of halogens is 2. The van der Waals surface area contributed by atoms with Crippen LogP contribution in [0.15, 0.2) is 23.8 Å². The first-order valence-electron chi connectivity index (χ1n) is 12.3. The highest BCUT2D eigenvalue weighted by Gasteiger charge is 2.46. The van der Waals surface area contributed by atoms with E-state index in [1.54, 1.807) is 0 Å². The molecule has 1 aliphatic carbocycles. The van der Waals surface area contributed by atoms with Gasteiger partial charge in [-0.15, -0.1) is 10.1 Å². The van der Waals surface area contributed by atoms with Gasteiger partial charge in [0.1, 0.15) is 17.1 Å². The van der Waals surface area contributed by atoms with Crippen LogP contribution in [0, 0.1) is 16.0 Å². The predicted molar refractivity (Wildman–Crippen MR) is 126 cm³/mol. The van der Waals surface area contributed by atoms with E-state index in [9.17, 15) is 14.9 Å². The second-order valence-electron chi connectivity index (χ2n) is 10.1. The van der Waals surface area contributed by atoms with Crippen LogP contribution in [0.2, 0.25) is 0 Å². The van der Waals surface area contributed by atoms with Crippen molar-refractivity contribution in [1.29, 1.82) is 0 Å². The van der Waals surface area contributed by atoms with Crippen LogP contribution in [0.1, 0.15) is 96.1 Å². The molecule has 0 saturated carbocycles. The summed E-state index contributed by atoms with van der Waals surface area (Å²) in [5.41, 5.74) is 0.985. The first-order valence-corrected chi connectivity index (χ1v) is 12.3. The molecule has 0 radical (unpaired) electrons. The van der Waals surface area contributed by atoms with Gasteiger partial charge in [-0.2, -0.15) is 0 Å². The number of fused-ring (bicyclic) bond motifs is 3. The first-order chi connectivity index (χ1) is 16.4. The molecule has 0 bridgehead atoms. The van der Waals surface area contributed by atoms with Crippen molar-refractivity contribution in [3.05, 3.63) is 45.0 Å². The fourth-order valence-electron chi connectivity index (χ4n) is 5.07. The average molecular weight is 496 g/mol. The highest BCUT2D eigenvalue weighted by atomic mass is 19.3. The molecule has 3 rings (SSSR count). The zero-order valence-electron chi connectivity index (χ0n) is 20.9. The van der Waals surface area contributed by atoms with Crippen molar-refractivity contribution < 1.29 is 33.0 Å². The van der Waals surface area contributed by atoms with E-state index < -0.39 is 22.6 Å². The molecule has 0 unspecified atom stereocenters. The zero-order valence-corrected chi connectivity index (χ0v) is 20.9. The predicted octanol–water partition coefficient (Wildman–Crippen LogP) is 6.86. The van der Waals surface area contributed by atoms with Crippen LogP contribution in [-0.2, 0) is 15.6 Å². The van der Waals surface area contributed by atoms with Gasteiger partial charge in [0.2, 0.25) is 0 Å². The van der Waals surface area contributed by atoms with Gasteiger partial charge >= 0.3 is 5.97 Å². The molecule has 1 heterocycles. The number of benzene rings is 1. The lowest BCUT2D eigenvalue weighted by Crippen LogP contribution is -2.45. The number of nitrogens with zero attached hydrogens (tertiary/aromatic N) is 1. The number of esters is 1. The molecule has 0 aromatic heterocycles. The number of rotatable bonds is 11. The largest absolute Gasteiger partial charge is 0.487 e. The monoisotopic (exact) mass is 495 g/mol. The average Bonchev–Trinajstić information content (AvgIpc) is 2.75. The summed E-state index contributed by atoms with van der Waals surface area (Å²) >= 11 is 0. The number of unbranched alkanes of at least 4 members (excludes halogenated alkanes) is 2. The molecule has 0 N–H and O–H groups in total. The summed E-state index contributed by atoms with van der Waals surface area (Å²) in [7, 11) is 0. The van der Waals surface area contributed by atoms with Crippen LogP contribution in [0.4, 0.5) is 8.78 Å². The summed E-state index contributed by atoms with van der Waals surface area (Å²) in [4.78, 5) is 27.1. The fourth-order valence-corrected chi connectivity index (χ4v) is 5.07. The van der Waals surface area contributed by atoms with E-state index >= 15 is 8.78 Å². The number of hydrogen-bond donors (Lipinski definition) is 0. The quantitative estimate of drug-likeness (QED) is 0.0832. The number of alkyl halides is 2. The Morgan fingerprint density at radius 3 is 2.71 bits per heavy atom. The molecule has 1 aliphatic heterocycles. The van der Waals surface area contributed by atoms with Crippen molar-refractivity contribution in [1.82, 2.24) is 0 Å². The maximum absolute atomic E-state index is 15.2. The Morgan fingerprint density at radius 1 is 1.29 bits per heavy atom. The van der Waals surface area contributed by atoms with Crippen LogP contribution >= 0.6 is 0 Å². The number of allylic oxidation sites excluding steroid dienone is 2. The van der Waals surface area contributed by atoms with Crippen LogP contribution < -0.4 is 9.47 Å². The van der Waals surface area contributed by atoms with Gasteiger partial charge in [-0.05, 0) is 58.6 Å². The summed E-state index contributed by atoms with van der Waals surface area (Å²) in [6.45, 7) is 7.68. The van der Waals surface area contributed by atoms with Crippen molar-refractivity contribution in [2.45, 2.75) is 96.5 Å². The fraction of sp³-hybridized carbons (Fsp3) is 0.654. The summed E-state index contributed by atoms with van der Waals surface area (Å²) in [5, 5.41) is 9.38. The van der Waals surface area contributed by atoms with Crippen molar-refractivity contribution in [3.8, 4) is 11.5 Å². The van der Waals surface area contributed by atoms with E-state index in [0.29, 0.717) is 24.2 Å². The molecule has 0 fully saturated rings. The number of ether oxygens (including phenoxy) is 2. The van der Waals surface area contributed by atoms with Crippen molar-refractivity contribution in [3.63, 3.8) is 0 Å². The third-order valence-electron chi connectivity index (χ3n) is 6.91. The summed E-state index contributed by atoms with van der Waals surface area (Å²) in [5.74, 6) is -3.42. The van der Waals surface area contributed by atoms with E-state index in [-0.39, 0.29) is 49.0 Å². The lowest BCUT2D eigenvalue weighted by molar-refractivity contribution is -0.757. The lowest BCUT2D eigenvalue weighted by Gasteiger charge is -2.46. The van der Waals surface area contributed by atoms with Crippen LogP contribution in [0.3, 0.4) is 0 Å². The minimum absolute atomic E-state index is 0.0729. The summed E-state index contributed by atoms with van der Waals surface area (Å²) < 4.78 is 42.3. The Kier molecular flexibility index (Phi) is 8.38. The minimum atomic E-state index is -3.10. The topological polar surface area (TPSA) is 87.9 Å². The van der Waals surface area contributed by atoms with Crippen molar-refractivity contribution in [2.24, 2.45) is 5.92 Å². The maximum Gasteiger partial charge on any atom is 0.311 e. The van der Waals surface area contributed by atoms with Crippen LogP contribution in [-0.4, -0.2) is 23.3 Å².